The summed E-state index contributed by atoms with van der Waals surface area (Å²) in [6.07, 6.45) is 14.0. The van der Waals surface area contributed by atoms with Gasteiger partial charge in [-0.25, -0.2) is 0 Å². The first kappa shape index (κ1) is 32.8. The van der Waals surface area contributed by atoms with E-state index in [1.165, 1.54) is 44.0 Å². The second-order valence-electron chi connectivity index (χ2n) is 16.4. The molecule has 0 saturated heterocycles. The summed E-state index contributed by atoms with van der Waals surface area (Å²) >= 11 is 0. The van der Waals surface area contributed by atoms with Crippen molar-refractivity contribution in [3.05, 3.63) is 35.5 Å². The molecule has 0 aliphatic heterocycles. The van der Waals surface area contributed by atoms with Crippen LogP contribution in [0, 0.1) is 23.2 Å². The third-order valence-electron chi connectivity index (χ3n) is 11.6. The van der Waals surface area contributed by atoms with Gasteiger partial charge in [0.2, 0.25) is 0 Å². The molecule has 2 unspecified atom stereocenters. The van der Waals surface area contributed by atoms with Gasteiger partial charge >= 0.3 is 0 Å². The van der Waals surface area contributed by atoms with Crippen molar-refractivity contribution in [2.45, 2.75) is 149 Å². The molecule has 3 saturated carbocycles. The Balaban J connectivity index is 1.92. The van der Waals surface area contributed by atoms with Gasteiger partial charge in [0.1, 0.15) is 6.29 Å². The lowest BCUT2D eigenvalue weighted by molar-refractivity contribution is -0.113. The van der Waals surface area contributed by atoms with E-state index in [4.69, 9.17) is 8.85 Å². The summed E-state index contributed by atoms with van der Waals surface area (Å²) in [6, 6.07) is 0. The fraction of sp³-hybridized carbons (Fsp3) is 0.794. The van der Waals surface area contributed by atoms with Crippen LogP contribution < -0.4 is 0 Å². The van der Waals surface area contributed by atoms with Crippen LogP contribution >= 0.6 is 0 Å². The van der Waals surface area contributed by atoms with Gasteiger partial charge in [-0.05, 0) is 104 Å². The van der Waals surface area contributed by atoms with Crippen molar-refractivity contribution < 1.29 is 13.6 Å². The first-order valence-electron chi connectivity index (χ1n) is 15.6. The molecule has 0 radical (unpaired) electrons. The van der Waals surface area contributed by atoms with E-state index in [-0.39, 0.29) is 33.6 Å². The first-order chi connectivity index (χ1) is 17.7. The normalized spacial score (nSPS) is 33.9. The largest absolute Gasteiger partial charge is 0.410 e. The average molecular weight is 573 g/mol. The van der Waals surface area contributed by atoms with Gasteiger partial charge < -0.3 is 13.6 Å². The summed E-state index contributed by atoms with van der Waals surface area (Å²) in [7, 11) is -3.94. The second-order valence-corrected chi connectivity index (χ2v) is 25.9. The van der Waals surface area contributed by atoms with E-state index >= 15 is 0 Å². The predicted octanol–water partition coefficient (Wildman–Crippen LogP) is 10.0. The van der Waals surface area contributed by atoms with Crippen LogP contribution in [0.15, 0.2) is 35.5 Å². The van der Waals surface area contributed by atoms with E-state index in [0.717, 1.165) is 18.4 Å². The molecule has 3 aliphatic carbocycles. The Morgan fingerprint density at radius 1 is 0.923 bits per heavy atom. The highest BCUT2D eigenvalue weighted by atomic mass is 28.4. The Hall–Kier alpha value is -0.756. The number of hydrogen-bond acceptors (Lipinski definition) is 3. The zero-order valence-corrected chi connectivity index (χ0v) is 29.5. The molecule has 0 aromatic carbocycles. The minimum absolute atomic E-state index is 0.0139. The van der Waals surface area contributed by atoms with Crippen molar-refractivity contribution in [1.82, 2.24) is 0 Å². The van der Waals surface area contributed by atoms with Crippen molar-refractivity contribution in [3.8, 4) is 0 Å². The van der Waals surface area contributed by atoms with Gasteiger partial charge in [0.05, 0.1) is 12.2 Å². The summed E-state index contributed by atoms with van der Waals surface area (Å²) in [4.78, 5) is 11.7. The number of rotatable bonds is 7. The van der Waals surface area contributed by atoms with Crippen LogP contribution in [0.1, 0.15) is 100 Å². The quantitative estimate of drug-likeness (QED) is 0.173. The zero-order chi connectivity index (χ0) is 29.6. The molecule has 3 nitrogen and oxygen atoms in total. The van der Waals surface area contributed by atoms with Crippen molar-refractivity contribution in [2.24, 2.45) is 23.2 Å². The number of fused-ring (bicyclic) bond motifs is 1. The maximum Gasteiger partial charge on any atom is 0.192 e. The van der Waals surface area contributed by atoms with Gasteiger partial charge in [-0.3, -0.25) is 0 Å². The number of carbonyl (C=O) groups is 1. The van der Waals surface area contributed by atoms with Crippen molar-refractivity contribution >= 4 is 22.9 Å². The number of carbonyl (C=O) groups excluding carboxylic acids is 1. The maximum atomic E-state index is 11.7. The van der Waals surface area contributed by atoms with Gasteiger partial charge in [0.25, 0.3) is 0 Å². The summed E-state index contributed by atoms with van der Waals surface area (Å²) in [6.45, 7) is 32.5. The molecule has 3 fully saturated rings. The minimum Gasteiger partial charge on any atom is -0.410 e. The SMILES string of the molecule is C=C1[C@@H](O[Si](C)(C)C(C)(C)C)CC(=C/C=C2\CCC[C@@]3(C)C2CCC3[C@H](C)C=O)C[C@H]1O[Si](C)(C)C(C)(C)C. The van der Waals surface area contributed by atoms with Gasteiger partial charge in [-0.2, -0.15) is 0 Å². The Morgan fingerprint density at radius 3 is 1.90 bits per heavy atom. The lowest BCUT2D eigenvalue weighted by atomic mass is 9.61. The molecule has 0 heterocycles. The topological polar surface area (TPSA) is 35.5 Å². The predicted molar refractivity (Wildman–Crippen MR) is 172 cm³/mol. The first-order valence-corrected chi connectivity index (χ1v) is 21.4. The van der Waals surface area contributed by atoms with Crippen LogP contribution in [0.25, 0.3) is 0 Å². The molecule has 39 heavy (non-hydrogen) atoms. The molecule has 3 aliphatic rings. The lowest BCUT2D eigenvalue weighted by Gasteiger charge is -2.46. The van der Waals surface area contributed by atoms with E-state index < -0.39 is 16.6 Å². The van der Waals surface area contributed by atoms with Crippen molar-refractivity contribution in [2.75, 3.05) is 0 Å². The van der Waals surface area contributed by atoms with Crippen LogP contribution in [0.3, 0.4) is 0 Å². The van der Waals surface area contributed by atoms with Crippen LogP contribution in [0.5, 0.6) is 0 Å². The highest BCUT2D eigenvalue weighted by molar-refractivity contribution is 6.74. The molecule has 0 spiro atoms. The maximum absolute atomic E-state index is 11.7. The van der Waals surface area contributed by atoms with E-state index in [1.807, 2.05) is 0 Å². The third-order valence-corrected chi connectivity index (χ3v) is 20.6. The standard InChI is InChI=1S/C34H60O3Si2/c1-24(23-35)28-18-19-29-27(15-14-20-34(28,29)9)17-16-26-21-30(36-38(10,11)32(3,4)5)25(2)31(22-26)37-39(12,13)33(6,7)8/h16-17,23-24,28-31H,2,14-15,18-22H2,1,3-13H3/b26-16?,27-17+/t24-,28?,29?,30-,31+,34-/m1/s1. The molecule has 0 N–H and O–H groups in total. The van der Waals surface area contributed by atoms with E-state index in [1.54, 1.807) is 5.57 Å². The van der Waals surface area contributed by atoms with Gasteiger partial charge in [0.15, 0.2) is 16.6 Å². The van der Waals surface area contributed by atoms with Crippen LogP contribution in [-0.4, -0.2) is 35.1 Å². The molecule has 5 heteroatoms. The van der Waals surface area contributed by atoms with E-state index in [9.17, 15) is 4.79 Å². The summed E-state index contributed by atoms with van der Waals surface area (Å²) in [5.74, 6) is 1.27. The molecular formula is C34H60O3Si2. The smallest absolute Gasteiger partial charge is 0.192 e. The Labute approximate surface area is 243 Å². The third kappa shape index (κ3) is 6.84. The van der Waals surface area contributed by atoms with Crippen LogP contribution in [-0.2, 0) is 13.6 Å². The molecular weight excluding hydrogens is 513 g/mol. The monoisotopic (exact) mass is 572 g/mol. The highest BCUT2D eigenvalue weighted by Gasteiger charge is 2.51. The van der Waals surface area contributed by atoms with Gasteiger partial charge in [-0.1, -0.05) is 85.3 Å². The second kappa shape index (κ2) is 11.5. The molecule has 0 amide bonds. The fourth-order valence-corrected chi connectivity index (χ4v) is 9.53. The molecule has 0 bridgehead atoms. The molecule has 222 valence electrons. The highest BCUT2D eigenvalue weighted by Crippen LogP contribution is 2.59. The Morgan fingerprint density at radius 2 is 1.44 bits per heavy atom. The van der Waals surface area contributed by atoms with E-state index in [2.05, 4.69) is 100 Å². The van der Waals surface area contributed by atoms with Crippen molar-refractivity contribution in [3.63, 3.8) is 0 Å². The summed E-state index contributed by atoms with van der Waals surface area (Å²) in [5.41, 5.74) is 4.43. The number of aldehydes is 1. The zero-order valence-electron chi connectivity index (χ0n) is 27.5. The molecule has 0 aromatic rings. The minimum atomic E-state index is -1.97. The van der Waals surface area contributed by atoms with Crippen LogP contribution in [0.2, 0.25) is 36.3 Å². The summed E-state index contributed by atoms with van der Waals surface area (Å²) < 4.78 is 14.1. The number of allylic oxidation sites excluding steroid dienone is 3. The van der Waals surface area contributed by atoms with Gasteiger partial charge in [0, 0.05) is 5.92 Å². The summed E-state index contributed by atoms with van der Waals surface area (Å²) in [5, 5.41) is 0.299. The number of hydrogen-bond donors (Lipinski definition) is 0. The van der Waals surface area contributed by atoms with Crippen molar-refractivity contribution in [1.29, 1.82) is 0 Å². The molecule has 6 atom stereocenters. The van der Waals surface area contributed by atoms with Gasteiger partial charge in [-0.15, -0.1) is 0 Å². The Bertz CT molecular complexity index is 935. The molecule has 0 aromatic heterocycles. The van der Waals surface area contributed by atoms with Crippen LogP contribution in [0.4, 0.5) is 0 Å². The van der Waals surface area contributed by atoms with E-state index in [0.29, 0.717) is 11.8 Å². The molecule has 3 rings (SSSR count). The Kier molecular flexibility index (Phi) is 9.65. The lowest BCUT2D eigenvalue weighted by Crippen LogP contribution is -2.49. The fourth-order valence-electron chi connectivity index (χ4n) is 6.93. The average Bonchev–Trinajstić information content (AvgIpc) is 3.15.